The molecular formula is C12H19NOS. The van der Waals surface area contributed by atoms with Gasteiger partial charge in [0, 0.05) is 10.4 Å². The van der Waals surface area contributed by atoms with E-state index in [9.17, 15) is 5.11 Å². The normalized spacial score (nSPS) is 31.7. The van der Waals surface area contributed by atoms with Gasteiger partial charge in [0.25, 0.3) is 0 Å². The van der Waals surface area contributed by atoms with Gasteiger partial charge in [-0.15, -0.1) is 11.3 Å². The van der Waals surface area contributed by atoms with E-state index in [1.54, 1.807) is 0 Å². The third-order valence-electron chi connectivity index (χ3n) is 3.26. The number of aliphatic hydroxyl groups excluding tert-OH is 1. The van der Waals surface area contributed by atoms with E-state index in [0.29, 0.717) is 0 Å². The first-order chi connectivity index (χ1) is 7.22. The quantitative estimate of drug-likeness (QED) is 0.825. The summed E-state index contributed by atoms with van der Waals surface area (Å²) >= 11 is 1.84. The van der Waals surface area contributed by atoms with Gasteiger partial charge in [0.05, 0.1) is 6.61 Å². The SMILES string of the molecule is CC1(CO)CC(Cc2cccs2)CCN1. The predicted octanol–water partition coefficient (Wildman–Crippen LogP) is 2.04. The molecule has 2 nitrogen and oxygen atoms in total. The molecule has 2 heterocycles. The van der Waals surface area contributed by atoms with Gasteiger partial charge in [-0.1, -0.05) is 6.07 Å². The maximum atomic E-state index is 9.33. The van der Waals surface area contributed by atoms with Crippen molar-refractivity contribution in [2.75, 3.05) is 13.2 Å². The molecule has 2 atom stereocenters. The molecule has 84 valence electrons. The molecule has 0 bridgehead atoms. The predicted molar refractivity (Wildman–Crippen MR) is 64.2 cm³/mol. The first-order valence-corrected chi connectivity index (χ1v) is 6.48. The van der Waals surface area contributed by atoms with Crippen molar-refractivity contribution in [1.29, 1.82) is 0 Å². The third-order valence-corrected chi connectivity index (χ3v) is 4.16. The molecule has 0 amide bonds. The molecule has 3 heteroatoms. The molecule has 1 aliphatic heterocycles. The Hall–Kier alpha value is -0.380. The van der Waals surface area contributed by atoms with Gasteiger partial charge in [-0.05, 0) is 50.1 Å². The Labute approximate surface area is 95.3 Å². The summed E-state index contributed by atoms with van der Waals surface area (Å²) in [7, 11) is 0. The van der Waals surface area contributed by atoms with Gasteiger partial charge in [0.15, 0.2) is 0 Å². The summed E-state index contributed by atoms with van der Waals surface area (Å²) in [6.07, 6.45) is 3.49. The van der Waals surface area contributed by atoms with Crippen LogP contribution in [0.25, 0.3) is 0 Å². The van der Waals surface area contributed by atoms with E-state index in [4.69, 9.17) is 0 Å². The topological polar surface area (TPSA) is 32.3 Å². The second kappa shape index (κ2) is 4.64. The molecular weight excluding hydrogens is 206 g/mol. The van der Waals surface area contributed by atoms with E-state index >= 15 is 0 Å². The zero-order valence-corrected chi connectivity index (χ0v) is 10.0. The number of aliphatic hydroxyl groups is 1. The van der Waals surface area contributed by atoms with Gasteiger partial charge < -0.3 is 10.4 Å². The van der Waals surface area contributed by atoms with Crippen LogP contribution in [0.5, 0.6) is 0 Å². The number of nitrogens with one attached hydrogen (secondary N) is 1. The summed E-state index contributed by atoms with van der Waals surface area (Å²) in [5, 5.41) is 14.9. The molecule has 0 saturated carbocycles. The van der Waals surface area contributed by atoms with Gasteiger partial charge in [0.2, 0.25) is 0 Å². The average Bonchev–Trinajstić information content (AvgIpc) is 2.71. The van der Waals surface area contributed by atoms with Crippen molar-refractivity contribution in [3.05, 3.63) is 22.4 Å². The van der Waals surface area contributed by atoms with Crippen molar-refractivity contribution < 1.29 is 5.11 Å². The Morgan fingerprint density at radius 3 is 3.20 bits per heavy atom. The van der Waals surface area contributed by atoms with Crippen molar-refractivity contribution in [2.45, 2.75) is 31.7 Å². The average molecular weight is 225 g/mol. The van der Waals surface area contributed by atoms with Crippen molar-refractivity contribution in [1.82, 2.24) is 5.32 Å². The first-order valence-electron chi connectivity index (χ1n) is 5.60. The minimum Gasteiger partial charge on any atom is -0.394 e. The highest BCUT2D eigenvalue weighted by molar-refractivity contribution is 7.09. The van der Waals surface area contributed by atoms with E-state index in [1.165, 1.54) is 17.7 Å². The van der Waals surface area contributed by atoms with E-state index < -0.39 is 0 Å². The monoisotopic (exact) mass is 225 g/mol. The Bertz CT molecular complexity index is 299. The standard InChI is InChI=1S/C12H19NOS/c1-12(9-14)8-10(4-5-13-12)7-11-3-2-6-15-11/h2-3,6,10,13-14H,4-5,7-9H2,1H3. The van der Waals surface area contributed by atoms with E-state index in [2.05, 4.69) is 29.8 Å². The van der Waals surface area contributed by atoms with Gasteiger partial charge in [0.1, 0.15) is 0 Å². The van der Waals surface area contributed by atoms with Gasteiger partial charge >= 0.3 is 0 Å². The van der Waals surface area contributed by atoms with Crippen LogP contribution in [-0.2, 0) is 6.42 Å². The molecule has 1 aromatic rings. The Morgan fingerprint density at radius 1 is 1.67 bits per heavy atom. The lowest BCUT2D eigenvalue weighted by molar-refractivity contribution is 0.120. The Kier molecular flexibility index (Phi) is 3.44. The molecule has 0 aliphatic carbocycles. The molecule has 15 heavy (non-hydrogen) atoms. The van der Waals surface area contributed by atoms with Crippen LogP contribution in [0.3, 0.4) is 0 Å². The zero-order chi connectivity index (χ0) is 10.7. The van der Waals surface area contributed by atoms with Crippen LogP contribution in [-0.4, -0.2) is 23.8 Å². The van der Waals surface area contributed by atoms with Crippen molar-refractivity contribution in [2.24, 2.45) is 5.92 Å². The van der Waals surface area contributed by atoms with Crippen molar-refractivity contribution >= 4 is 11.3 Å². The van der Waals surface area contributed by atoms with Crippen LogP contribution in [0, 0.1) is 5.92 Å². The maximum Gasteiger partial charge on any atom is 0.0610 e. The van der Waals surface area contributed by atoms with E-state index in [0.717, 1.165) is 18.9 Å². The fraction of sp³-hybridized carbons (Fsp3) is 0.667. The lowest BCUT2D eigenvalue weighted by Crippen LogP contribution is -2.51. The first kappa shape index (κ1) is 11.1. The lowest BCUT2D eigenvalue weighted by atomic mass is 9.82. The summed E-state index contributed by atoms with van der Waals surface area (Å²) < 4.78 is 0. The number of rotatable bonds is 3. The highest BCUT2D eigenvalue weighted by atomic mass is 32.1. The molecule has 2 rings (SSSR count). The molecule has 0 aromatic carbocycles. The molecule has 0 spiro atoms. The molecule has 2 N–H and O–H groups in total. The molecule has 1 aliphatic rings. The molecule has 0 radical (unpaired) electrons. The second-order valence-electron chi connectivity index (χ2n) is 4.79. The lowest BCUT2D eigenvalue weighted by Gasteiger charge is -2.38. The maximum absolute atomic E-state index is 9.33. The fourth-order valence-electron chi connectivity index (χ4n) is 2.40. The van der Waals surface area contributed by atoms with Crippen molar-refractivity contribution in [3.63, 3.8) is 0 Å². The Balaban J connectivity index is 1.93. The van der Waals surface area contributed by atoms with Gasteiger partial charge in [-0.3, -0.25) is 0 Å². The minimum atomic E-state index is -0.0554. The minimum absolute atomic E-state index is 0.0554. The summed E-state index contributed by atoms with van der Waals surface area (Å²) in [4.78, 5) is 1.47. The number of hydrogen-bond donors (Lipinski definition) is 2. The second-order valence-corrected chi connectivity index (χ2v) is 5.82. The molecule has 1 fully saturated rings. The van der Waals surface area contributed by atoms with E-state index in [1.807, 2.05) is 11.3 Å². The van der Waals surface area contributed by atoms with Crippen LogP contribution in [0.15, 0.2) is 17.5 Å². The number of thiophene rings is 1. The Morgan fingerprint density at radius 2 is 2.53 bits per heavy atom. The zero-order valence-electron chi connectivity index (χ0n) is 9.20. The van der Waals surface area contributed by atoms with Crippen molar-refractivity contribution in [3.8, 4) is 0 Å². The summed E-state index contributed by atoms with van der Waals surface area (Å²) in [5.74, 6) is 0.724. The summed E-state index contributed by atoms with van der Waals surface area (Å²) in [5.41, 5.74) is -0.0554. The molecule has 1 aromatic heterocycles. The summed E-state index contributed by atoms with van der Waals surface area (Å²) in [6, 6.07) is 4.33. The smallest absolute Gasteiger partial charge is 0.0610 e. The summed E-state index contributed by atoms with van der Waals surface area (Å²) in [6.45, 7) is 3.40. The highest BCUT2D eigenvalue weighted by Crippen LogP contribution is 2.28. The third kappa shape index (κ3) is 2.80. The number of hydrogen-bond acceptors (Lipinski definition) is 3. The highest BCUT2D eigenvalue weighted by Gasteiger charge is 2.30. The van der Waals surface area contributed by atoms with Gasteiger partial charge in [-0.2, -0.15) is 0 Å². The van der Waals surface area contributed by atoms with Crippen LogP contribution in [0.4, 0.5) is 0 Å². The fourth-order valence-corrected chi connectivity index (χ4v) is 3.22. The largest absolute Gasteiger partial charge is 0.394 e. The molecule has 2 unspecified atom stereocenters. The van der Waals surface area contributed by atoms with Crippen LogP contribution < -0.4 is 5.32 Å². The van der Waals surface area contributed by atoms with Crippen LogP contribution in [0.1, 0.15) is 24.6 Å². The van der Waals surface area contributed by atoms with Gasteiger partial charge in [-0.25, -0.2) is 0 Å². The van der Waals surface area contributed by atoms with Crippen LogP contribution >= 0.6 is 11.3 Å². The van der Waals surface area contributed by atoms with E-state index in [-0.39, 0.29) is 12.1 Å². The number of piperidine rings is 1. The van der Waals surface area contributed by atoms with Crippen LogP contribution in [0.2, 0.25) is 0 Å². The molecule has 1 saturated heterocycles.